The monoisotopic (exact) mass is 198 g/mol. The van der Waals surface area contributed by atoms with Crippen molar-refractivity contribution in [2.45, 2.75) is 25.9 Å². The van der Waals surface area contributed by atoms with Crippen LogP contribution in [-0.2, 0) is 0 Å². The Morgan fingerprint density at radius 1 is 1.50 bits per heavy atom. The summed E-state index contributed by atoms with van der Waals surface area (Å²) in [4.78, 5) is 2.10. The van der Waals surface area contributed by atoms with Crippen LogP contribution < -0.4 is 0 Å². The number of nitrogens with zero attached hydrogens (tertiary/aromatic N) is 2. The summed E-state index contributed by atoms with van der Waals surface area (Å²) < 4.78 is 0. The van der Waals surface area contributed by atoms with Gasteiger partial charge in [-0.05, 0) is 32.9 Å². The second kappa shape index (κ2) is 4.74. The van der Waals surface area contributed by atoms with Gasteiger partial charge in [-0.1, -0.05) is 0 Å². The van der Waals surface area contributed by atoms with Crippen molar-refractivity contribution in [1.82, 2.24) is 4.90 Å². The molecule has 0 aliphatic carbocycles. The van der Waals surface area contributed by atoms with E-state index in [2.05, 4.69) is 11.0 Å². The summed E-state index contributed by atoms with van der Waals surface area (Å²) in [5.74, 6) is 0. The smallest absolute Gasteiger partial charge is 0.0897 e. The first-order valence-electron chi connectivity index (χ1n) is 5.02. The highest BCUT2D eigenvalue weighted by atomic mass is 16.3. The number of hydrogen-bond acceptors (Lipinski definition) is 4. The van der Waals surface area contributed by atoms with Crippen LogP contribution in [0, 0.1) is 16.7 Å². The largest absolute Gasteiger partial charge is 0.394 e. The normalized spacial score (nSPS) is 24.1. The second-order valence-electron chi connectivity index (χ2n) is 4.31. The van der Waals surface area contributed by atoms with Crippen molar-refractivity contribution >= 4 is 0 Å². The van der Waals surface area contributed by atoms with Crippen molar-refractivity contribution in [3.8, 4) is 6.07 Å². The highest BCUT2D eigenvalue weighted by Gasteiger charge is 2.30. The Hall–Kier alpha value is -0.630. The lowest BCUT2D eigenvalue weighted by Crippen LogP contribution is -2.42. The molecule has 0 amide bonds. The summed E-state index contributed by atoms with van der Waals surface area (Å²) in [6.45, 7) is 3.97. The zero-order chi connectivity index (χ0) is 10.6. The van der Waals surface area contributed by atoms with Crippen molar-refractivity contribution in [3.05, 3.63) is 0 Å². The number of rotatable bonds is 3. The van der Waals surface area contributed by atoms with E-state index in [1.165, 1.54) is 0 Å². The van der Waals surface area contributed by atoms with Crippen LogP contribution in [0.4, 0.5) is 0 Å². The van der Waals surface area contributed by atoms with Gasteiger partial charge in [0, 0.05) is 6.54 Å². The molecule has 1 fully saturated rings. The summed E-state index contributed by atoms with van der Waals surface area (Å²) >= 11 is 0. The summed E-state index contributed by atoms with van der Waals surface area (Å²) in [7, 11) is 0. The predicted molar refractivity (Wildman–Crippen MR) is 52.5 cm³/mol. The summed E-state index contributed by atoms with van der Waals surface area (Å²) in [5.41, 5.74) is -0.194. The third-order valence-electron chi connectivity index (χ3n) is 2.91. The predicted octanol–water partition coefficient (Wildman–Crippen LogP) is -0.0347. The Balaban J connectivity index is 2.33. The van der Waals surface area contributed by atoms with Crippen LogP contribution in [0.25, 0.3) is 0 Å². The molecular formula is C10H18N2O2. The molecule has 4 nitrogen and oxygen atoms in total. The van der Waals surface area contributed by atoms with Gasteiger partial charge in [0.05, 0.1) is 24.2 Å². The molecule has 1 unspecified atom stereocenters. The highest BCUT2D eigenvalue weighted by molar-refractivity contribution is 4.98. The van der Waals surface area contributed by atoms with Gasteiger partial charge >= 0.3 is 0 Å². The van der Waals surface area contributed by atoms with E-state index in [4.69, 9.17) is 10.4 Å². The Bertz CT molecular complexity index is 217. The van der Waals surface area contributed by atoms with E-state index in [-0.39, 0.29) is 12.0 Å². The Morgan fingerprint density at radius 3 is 2.50 bits per heavy atom. The first-order chi connectivity index (χ1) is 6.59. The van der Waals surface area contributed by atoms with E-state index in [1.54, 1.807) is 0 Å². The van der Waals surface area contributed by atoms with Gasteiger partial charge in [-0.15, -0.1) is 0 Å². The second-order valence-corrected chi connectivity index (χ2v) is 4.31. The zero-order valence-electron chi connectivity index (χ0n) is 8.61. The molecule has 2 N–H and O–H groups in total. The first kappa shape index (κ1) is 11.4. The number of aliphatic hydroxyl groups is 2. The lowest BCUT2D eigenvalue weighted by atomic mass is 9.82. The molecule has 14 heavy (non-hydrogen) atoms. The minimum Gasteiger partial charge on any atom is -0.394 e. The molecule has 0 bridgehead atoms. The van der Waals surface area contributed by atoms with Gasteiger partial charge in [0.1, 0.15) is 0 Å². The Labute approximate surface area is 84.8 Å². The Morgan fingerprint density at radius 2 is 2.07 bits per heavy atom. The van der Waals surface area contributed by atoms with Crippen LogP contribution in [-0.4, -0.2) is 47.5 Å². The summed E-state index contributed by atoms with van der Waals surface area (Å²) in [6, 6.07) is 2.33. The van der Waals surface area contributed by atoms with Crippen LogP contribution in [0.3, 0.4) is 0 Å². The van der Waals surface area contributed by atoms with Crippen LogP contribution in [0.1, 0.15) is 19.8 Å². The lowest BCUT2D eigenvalue weighted by molar-refractivity contribution is 0.0426. The third-order valence-corrected chi connectivity index (χ3v) is 2.91. The maximum Gasteiger partial charge on any atom is 0.0897 e. The van der Waals surface area contributed by atoms with Crippen molar-refractivity contribution in [1.29, 1.82) is 5.26 Å². The van der Waals surface area contributed by atoms with E-state index in [9.17, 15) is 5.11 Å². The van der Waals surface area contributed by atoms with Gasteiger partial charge in [-0.25, -0.2) is 0 Å². The maximum atomic E-state index is 9.24. The number of hydrogen-bond donors (Lipinski definition) is 2. The molecule has 0 saturated carbocycles. The van der Waals surface area contributed by atoms with E-state index in [1.807, 2.05) is 6.92 Å². The first-order valence-corrected chi connectivity index (χ1v) is 5.02. The van der Waals surface area contributed by atoms with Crippen molar-refractivity contribution < 1.29 is 10.2 Å². The van der Waals surface area contributed by atoms with Gasteiger partial charge in [0.15, 0.2) is 0 Å². The Kier molecular flexibility index (Phi) is 3.87. The van der Waals surface area contributed by atoms with Crippen molar-refractivity contribution in [3.63, 3.8) is 0 Å². The summed E-state index contributed by atoms with van der Waals surface area (Å²) in [5, 5.41) is 26.8. The molecular weight excluding hydrogens is 180 g/mol. The number of β-amino-alcohol motifs (C(OH)–C–C–N with tert-alkyl or cyclic N) is 1. The standard InChI is InChI=1S/C10H18N2O2/c1-10(8-11)2-4-12(5-3-10)6-9(14)7-13/h9,13-14H,2-7H2,1H3. The molecule has 0 radical (unpaired) electrons. The quantitative estimate of drug-likeness (QED) is 0.668. The molecule has 1 rings (SSSR count). The average Bonchev–Trinajstić information content (AvgIpc) is 2.21. The lowest BCUT2D eigenvalue weighted by Gasteiger charge is -2.35. The number of piperidine rings is 1. The van der Waals surface area contributed by atoms with Crippen LogP contribution in [0.2, 0.25) is 0 Å². The molecule has 1 saturated heterocycles. The number of likely N-dealkylation sites (tertiary alicyclic amines) is 1. The van der Waals surface area contributed by atoms with Crippen molar-refractivity contribution in [2.75, 3.05) is 26.2 Å². The fourth-order valence-electron chi connectivity index (χ4n) is 1.70. The number of aliphatic hydroxyl groups excluding tert-OH is 2. The van der Waals surface area contributed by atoms with E-state index in [0.29, 0.717) is 6.54 Å². The fraction of sp³-hybridized carbons (Fsp3) is 0.900. The molecule has 1 aliphatic heterocycles. The van der Waals surface area contributed by atoms with E-state index < -0.39 is 6.10 Å². The molecule has 0 spiro atoms. The molecule has 1 heterocycles. The molecule has 4 heteroatoms. The molecule has 80 valence electrons. The van der Waals surface area contributed by atoms with Crippen LogP contribution in [0.15, 0.2) is 0 Å². The topological polar surface area (TPSA) is 67.5 Å². The maximum absolute atomic E-state index is 9.24. The van der Waals surface area contributed by atoms with E-state index >= 15 is 0 Å². The molecule has 0 aromatic heterocycles. The van der Waals surface area contributed by atoms with Crippen molar-refractivity contribution in [2.24, 2.45) is 5.41 Å². The van der Waals surface area contributed by atoms with E-state index in [0.717, 1.165) is 25.9 Å². The van der Waals surface area contributed by atoms with Gasteiger partial charge in [0.25, 0.3) is 0 Å². The van der Waals surface area contributed by atoms with Crippen LogP contribution in [0.5, 0.6) is 0 Å². The average molecular weight is 198 g/mol. The van der Waals surface area contributed by atoms with Gasteiger partial charge in [-0.3, -0.25) is 0 Å². The fourth-order valence-corrected chi connectivity index (χ4v) is 1.70. The van der Waals surface area contributed by atoms with Gasteiger partial charge in [0.2, 0.25) is 0 Å². The molecule has 0 aromatic rings. The van der Waals surface area contributed by atoms with Crippen LogP contribution >= 0.6 is 0 Å². The minimum absolute atomic E-state index is 0.188. The third kappa shape index (κ3) is 2.95. The SMILES string of the molecule is CC1(C#N)CCN(CC(O)CO)CC1. The molecule has 0 aromatic carbocycles. The van der Waals surface area contributed by atoms with Gasteiger partial charge in [-0.2, -0.15) is 5.26 Å². The molecule has 1 aliphatic rings. The zero-order valence-corrected chi connectivity index (χ0v) is 8.61. The number of nitriles is 1. The minimum atomic E-state index is -0.651. The molecule has 1 atom stereocenters. The highest BCUT2D eigenvalue weighted by Crippen LogP contribution is 2.29. The van der Waals surface area contributed by atoms with Gasteiger partial charge < -0.3 is 15.1 Å². The summed E-state index contributed by atoms with van der Waals surface area (Å²) in [6.07, 6.45) is 1.05.